The second kappa shape index (κ2) is 5.29. The molecule has 0 aliphatic carbocycles. The van der Waals surface area contributed by atoms with Crippen LogP contribution in [0.1, 0.15) is 37.9 Å². The van der Waals surface area contributed by atoms with Gasteiger partial charge < -0.3 is 9.84 Å². The van der Waals surface area contributed by atoms with Crippen LogP contribution in [0.2, 0.25) is 0 Å². The van der Waals surface area contributed by atoms with Gasteiger partial charge in [-0.05, 0) is 39.3 Å². The number of morpholine rings is 1. The van der Waals surface area contributed by atoms with Gasteiger partial charge in [0.15, 0.2) is 0 Å². The third kappa shape index (κ3) is 2.85. The SMILES string of the molecule is Cc1ccc(C(C)N2C[C@@H](C)O[C@@H](C)C2)c(O)c1. The molecule has 0 saturated carbocycles. The fraction of sp³-hybridized carbons (Fsp3) is 0.600. The first-order chi connectivity index (χ1) is 8.47. The summed E-state index contributed by atoms with van der Waals surface area (Å²) >= 11 is 0. The maximum Gasteiger partial charge on any atom is 0.120 e. The first-order valence-corrected chi connectivity index (χ1v) is 6.66. The molecule has 1 aromatic rings. The molecule has 0 bridgehead atoms. The zero-order valence-electron chi connectivity index (χ0n) is 11.7. The van der Waals surface area contributed by atoms with Crippen molar-refractivity contribution in [2.75, 3.05) is 13.1 Å². The summed E-state index contributed by atoms with van der Waals surface area (Å²) in [5, 5.41) is 10.1. The fourth-order valence-electron chi connectivity index (χ4n) is 2.74. The highest BCUT2D eigenvalue weighted by Gasteiger charge is 2.27. The van der Waals surface area contributed by atoms with Crippen LogP contribution in [-0.4, -0.2) is 35.3 Å². The van der Waals surface area contributed by atoms with E-state index in [4.69, 9.17) is 4.74 Å². The molecule has 18 heavy (non-hydrogen) atoms. The molecular weight excluding hydrogens is 226 g/mol. The van der Waals surface area contributed by atoms with Gasteiger partial charge in [0.05, 0.1) is 12.2 Å². The molecule has 0 amide bonds. The number of aromatic hydroxyl groups is 1. The Morgan fingerprint density at radius 2 is 1.89 bits per heavy atom. The summed E-state index contributed by atoms with van der Waals surface area (Å²) in [6.07, 6.45) is 0.507. The van der Waals surface area contributed by atoms with Crippen LogP contribution in [0.4, 0.5) is 0 Å². The van der Waals surface area contributed by atoms with E-state index in [2.05, 4.69) is 31.7 Å². The molecule has 1 aliphatic rings. The number of aryl methyl sites for hydroxylation is 1. The standard InChI is InChI=1S/C15H23NO2/c1-10-5-6-14(15(17)7-10)13(4)16-8-11(2)18-12(3)9-16/h5-7,11-13,17H,8-9H2,1-4H3/t11-,12+,13?. The van der Waals surface area contributed by atoms with Gasteiger partial charge in [0.2, 0.25) is 0 Å². The van der Waals surface area contributed by atoms with Gasteiger partial charge in [-0.1, -0.05) is 12.1 Å². The summed E-state index contributed by atoms with van der Waals surface area (Å²) in [4.78, 5) is 2.38. The van der Waals surface area contributed by atoms with Crippen LogP contribution < -0.4 is 0 Å². The highest BCUT2D eigenvalue weighted by Crippen LogP contribution is 2.30. The summed E-state index contributed by atoms with van der Waals surface area (Å²) in [7, 11) is 0. The number of ether oxygens (including phenoxy) is 1. The van der Waals surface area contributed by atoms with E-state index in [0.29, 0.717) is 5.75 Å². The monoisotopic (exact) mass is 249 g/mol. The van der Waals surface area contributed by atoms with E-state index in [0.717, 1.165) is 24.2 Å². The Hall–Kier alpha value is -1.06. The Morgan fingerprint density at radius 1 is 1.28 bits per heavy atom. The maximum absolute atomic E-state index is 10.1. The Balaban J connectivity index is 2.17. The lowest BCUT2D eigenvalue weighted by molar-refractivity contribution is -0.0791. The van der Waals surface area contributed by atoms with E-state index in [1.807, 2.05) is 19.1 Å². The van der Waals surface area contributed by atoms with Crippen molar-refractivity contribution in [2.24, 2.45) is 0 Å². The van der Waals surface area contributed by atoms with Gasteiger partial charge in [-0.2, -0.15) is 0 Å². The number of hydrogen-bond donors (Lipinski definition) is 1. The number of benzene rings is 1. The lowest BCUT2D eigenvalue weighted by atomic mass is 10.0. The van der Waals surface area contributed by atoms with E-state index in [1.165, 1.54) is 0 Å². The molecule has 1 saturated heterocycles. The molecule has 3 nitrogen and oxygen atoms in total. The lowest BCUT2D eigenvalue weighted by Crippen LogP contribution is -2.46. The largest absolute Gasteiger partial charge is 0.508 e. The molecule has 1 N–H and O–H groups in total. The van der Waals surface area contributed by atoms with E-state index in [9.17, 15) is 5.11 Å². The predicted molar refractivity (Wildman–Crippen MR) is 72.8 cm³/mol. The highest BCUT2D eigenvalue weighted by molar-refractivity contribution is 5.37. The van der Waals surface area contributed by atoms with Crippen LogP contribution >= 0.6 is 0 Å². The van der Waals surface area contributed by atoms with E-state index in [-0.39, 0.29) is 18.2 Å². The number of rotatable bonds is 2. The minimum atomic E-state index is 0.222. The molecule has 3 atom stereocenters. The molecule has 1 heterocycles. The van der Waals surface area contributed by atoms with Crippen LogP contribution in [-0.2, 0) is 4.74 Å². The Kier molecular flexibility index (Phi) is 3.93. The van der Waals surface area contributed by atoms with Crippen molar-refractivity contribution in [3.05, 3.63) is 29.3 Å². The van der Waals surface area contributed by atoms with Crippen LogP contribution in [0.3, 0.4) is 0 Å². The molecule has 2 rings (SSSR count). The molecule has 0 spiro atoms. The predicted octanol–water partition coefficient (Wildman–Crippen LogP) is 2.87. The molecule has 1 fully saturated rings. The fourth-order valence-corrected chi connectivity index (χ4v) is 2.74. The van der Waals surface area contributed by atoms with Gasteiger partial charge in [0.25, 0.3) is 0 Å². The molecule has 1 aliphatic heterocycles. The van der Waals surface area contributed by atoms with E-state index in [1.54, 1.807) is 0 Å². The van der Waals surface area contributed by atoms with Crippen molar-refractivity contribution >= 4 is 0 Å². The van der Waals surface area contributed by atoms with Gasteiger partial charge in [-0.3, -0.25) is 4.90 Å². The number of nitrogens with zero attached hydrogens (tertiary/aromatic N) is 1. The normalized spacial score (nSPS) is 27.1. The lowest BCUT2D eigenvalue weighted by Gasteiger charge is -2.39. The quantitative estimate of drug-likeness (QED) is 0.875. The molecule has 0 radical (unpaired) electrons. The van der Waals surface area contributed by atoms with Crippen LogP contribution in [0.5, 0.6) is 5.75 Å². The second-order valence-corrected chi connectivity index (χ2v) is 5.45. The summed E-state index contributed by atoms with van der Waals surface area (Å²) in [6.45, 7) is 10.2. The number of phenols is 1. The number of phenolic OH excluding ortho intramolecular Hbond substituents is 1. The Labute approximate surface area is 109 Å². The van der Waals surface area contributed by atoms with Gasteiger partial charge in [0.1, 0.15) is 5.75 Å². The van der Waals surface area contributed by atoms with E-state index < -0.39 is 0 Å². The van der Waals surface area contributed by atoms with Crippen LogP contribution in [0, 0.1) is 6.92 Å². The average Bonchev–Trinajstić information content (AvgIpc) is 2.26. The van der Waals surface area contributed by atoms with Gasteiger partial charge in [0, 0.05) is 24.7 Å². The van der Waals surface area contributed by atoms with Crippen molar-refractivity contribution in [3.63, 3.8) is 0 Å². The third-order valence-electron chi connectivity index (χ3n) is 3.63. The third-order valence-corrected chi connectivity index (χ3v) is 3.63. The summed E-state index contributed by atoms with van der Waals surface area (Å²) in [5.41, 5.74) is 2.09. The highest BCUT2D eigenvalue weighted by atomic mass is 16.5. The molecular formula is C15H23NO2. The molecule has 100 valence electrons. The minimum Gasteiger partial charge on any atom is -0.508 e. The summed E-state index contributed by atoms with van der Waals surface area (Å²) < 4.78 is 5.75. The van der Waals surface area contributed by atoms with Crippen molar-refractivity contribution in [3.8, 4) is 5.75 Å². The van der Waals surface area contributed by atoms with Gasteiger partial charge in [-0.25, -0.2) is 0 Å². The molecule has 1 unspecified atom stereocenters. The Morgan fingerprint density at radius 3 is 2.44 bits per heavy atom. The Bertz CT molecular complexity index is 409. The first kappa shape index (κ1) is 13.4. The average molecular weight is 249 g/mol. The van der Waals surface area contributed by atoms with Crippen LogP contribution in [0.15, 0.2) is 18.2 Å². The van der Waals surface area contributed by atoms with Gasteiger partial charge in [-0.15, -0.1) is 0 Å². The van der Waals surface area contributed by atoms with Crippen molar-refractivity contribution in [1.29, 1.82) is 0 Å². The summed E-state index contributed by atoms with van der Waals surface area (Å²) in [6, 6.07) is 6.14. The molecule has 0 aromatic heterocycles. The van der Waals surface area contributed by atoms with Crippen molar-refractivity contribution in [2.45, 2.75) is 45.9 Å². The smallest absolute Gasteiger partial charge is 0.120 e. The topological polar surface area (TPSA) is 32.7 Å². The van der Waals surface area contributed by atoms with Crippen LogP contribution in [0.25, 0.3) is 0 Å². The number of hydrogen-bond acceptors (Lipinski definition) is 3. The maximum atomic E-state index is 10.1. The zero-order valence-corrected chi connectivity index (χ0v) is 11.7. The summed E-state index contributed by atoms with van der Waals surface area (Å²) in [5.74, 6) is 0.397. The van der Waals surface area contributed by atoms with Crippen molar-refractivity contribution in [1.82, 2.24) is 4.90 Å². The molecule has 1 aromatic carbocycles. The second-order valence-electron chi connectivity index (χ2n) is 5.45. The van der Waals surface area contributed by atoms with Crippen molar-refractivity contribution < 1.29 is 9.84 Å². The first-order valence-electron chi connectivity index (χ1n) is 6.66. The van der Waals surface area contributed by atoms with Gasteiger partial charge >= 0.3 is 0 Å². The van der Waals surface area contributed by atoms with E-state index >= 15 is 0 Å². The molecule has 3 heteroatoms. The minimum absolute atomic E-state index is 0.222. The zero-order chi connectivity index (χ0) is 13.3.